The Morgan fingerprint density at radius 3 is 2.47 bits per heavy atom. The third kappa shape index (κ3) is 5.41. The van der Waals surface area contributed by atoms with E-state index in [0.717, 1.165) is 36.6 Å². The zero-order chi connectivity index (χ0) is 12.5. The lowest BCUT2D eigenvalue weighted by Gasteiger charge is -2.09. The third-order valence-electron chi connectivity index (χ3n) is 2.30. The van der Waals surface area contributed by atoms with E-state index in [1.54, 1.807) is 7.11 Å². The van der Waals surface area contributed by atoms with Crippen LogP contribution in [0.1, 0.15) is 13.3 Å². The maximum atomic E-state index is 5.60. The quantitative estimate of drug-likeness (QED) is 0.555. The molecule has 0 fully saturated rings. The first-order chi connectivity index (χ1) is 8.26. The molecule has 0 saturated heterocycles. The Hall–Kier alpha value is -1.48. The molecule has 0 aliphatic heterocycles. The Balaban J connectivity index is 2.27. The number of ether oxygens (including phenoxy) is 2. The van der Waals surface area contributed by atoms with E-state index < -0.39 is 0 Å². The summed E-state index contributed by atoms with van der Waals surface area (Å²) in [4.78, 5) is 0. The monoisotopic (exact) mass is 235 g/mol. The van der Waals surface area contributed by atoms with Gasteiger partial charge in [-0.3, -0.25) is 0 Å². The summed E-state index contributed by atoms with van der Waals surface area (Å²) in [5.74, 6) is 1.67. The van der Waals surface area contributed by atoms with Crippen molar-refractivity contribution in [3.63, 3.8) is 0 Å². The van der Waals surface area contributed by atoms with Gasteiger partial charge in [-0.15, -0.1) is 0 Å². The van der Waals surface area contributed by atoms with Gasteiger partial charge in [0.15, 0.2) is 0 Å². The lowest BCUT2D eigenvalue weighted by atomic mass is 10.3. The van der Waals surface area contributed by atoms with E-state index in [4.69, 9.17) is 9.47 Å². The van der Waals surface area contributed by atoms with E-state index in [-0.39, 0.29) is 0 Å². The summed E-state index contributed by atoms with van der Waals surface area (Å²) in [6, 6.07) is 7.55. The highest BCUT2D eigenvalue weighted by Gasteiger charge is 1.97. The van der Waals surface area contributed by atoms with Gasteiger partial charge in [0, 0.05) is 6.54 Å². The van der Waals surface area contributed by atoms with Crippen LogP contribution in [0.15, 0.2) is 36.4 Å². The van der Waals surface area contributed by atoms with E-state index in [2.05, 4.69) is 18.8 Å². The number of methoxy groups -OCH3 is 1. The molecule has 0 heterocycles. The number of benzene rings is 1. The van der Waals surface area contributed by atoms with Gasteiger partial charge in [0.2, 0.25) is 0 Å². The van der Waals surface area contributed by atoms with Gasteiger partial charge < -0.3 is 14.8 Å². The first kappa shape index (κ1) is 13.6. The summed E-state index contributed by atoms with van der Waals surface area (Å²) in [6.07, 6.45) is 1.13. The van der Waals surface area contributed by atoms with Crippen LogP contribution in [-0.2, 0) is 0 Å². The van der Waals surface area contributed by atoms with Crippen molar-refractivity contribution in [2.45, 2.75) is 13.3 Å². The topological polar surface area (TPSA) is 30.5 Å². The average molecular weight is 235 g/mol. The molecule has 0 atom stereocenters. The minimum absolute atomic E-state index is 0.545. The molecule has 0 amide bonds. The smallest absolute Gasteiger partial charge is 0.120 e. The molecule has 1 N–H and O–H groups in total. The van der Waals surface area contributed by atoms with Crippen molar-refractivity contribution in [2.24, 2.45) is 0 Å². The lowest BCUT2D eigenvalue weighted by molar-refractivity contribution is 0.347. The van der Waals surface area contributed by atoms with Crippen LogP contribution >= 0.6 is 0 Å². The Morgan fingerprint density at radius 2 is 1.88 bits per heavy atom. The van der Waals surface area contributed by atoms with Gasteiger partial charge in [0.25, 0.3) is 0 Å². The van der Waals surface area contributed by atoms with Gasteiger partial charge in [-0.2, -0.15) is 0 Å². The van der Waals surface area contributed by atoms with Crippen LogP contribution < -0.4 is 14.8 Å². The highest BCUT2D eigenvalue weighted by atomic mass is 16.5. The van der Waals surface area contributed by atoms with Crippen molar-refractivity contribution in [1.29, 1.82) is 0 Å². The molecule has 1 rings (SSSR count). The predicted molar refractivity (Wildman–Crippen MR) is 70.8 cm³/mol. The summed E-state index contributed by atoms with van der Waals surface area (Å²) >= 11 is 0. The molecule has 0 unspecified atom stereocenters. The Morgan fingerprint density at radius 1 is 1.24 bits per heavy atom. The summed E-state index contributed by atoms with van der Waals surface area (Å²) in [5, 5.41) is 3.29. The SMILES string of the molecule is C=C(CNCCC)COc1ccc(OC)cc1. The molecule has 0 aliphatic rings. The molecular weight excluding hydrogens is 214 g/mol. The van der Waals surface area contributed by atoms with E-state index in [9.17, 15) is 0 Å². The van der Waals surface area contributed by atoms with Crippen molar-refractivity contribution in [3.05, 3.63) is 36.4 Å². The summed E-state index contributed by atoms with van der Waals surface area (Å²) in [7, 11) is 1.65. The van der Waals surface area contributed by atoms with Crippen molar-refractivity contribution >= 4 is 0 Å². The Labute approximate surface area is 103 Å². The first-order valence-electron chi connectivity index (χ1n) is 5.90. The Kier molecular flexibility index (Phi) is 6.18. The number of nitrogens with one attached hydrogen (secondary N) is 1. The molecule has 3 heteroatoms. The summed E-state index contributed by atoms with van der Waals surface area (Å²) in [5.41, 5.74) is 1.05. The zero-order valence-corrected chi connectivity index (χ0v) is 10.7. The van der Waals surface area contributed by atoms with Crippen LogP contribution in [0.4, 0.5) is 0 Å². The molecule has 1 aromatic rings. The highest BCUT2D eigenvalue weighted by Crippen LogP contribution is 2.17. The second kappa shape index (κ2) is 7.74. The second-order valence-corrected chi connectivity index (χ2v) is 3.89. The van der Waals surface area contributed by atoms with Crippen LogP contribution in [0, 0.1) is 0 Å². The maximum absolute atomic E-state index is 5.60. The second-order valence-electron chi connectivity index (χ2n) is 3.89. The van der Waals surface area contributed by atoms with Gasteiger partial charge in [-0.25, -0.2) is 0 Å². The van der Waals surface area contributed by atoms with Crippen LogP contribution in [0.2, 0.25) is 0 Å². The Bertz CT molecular complexity index is 333. The van der Waals surface area contributed by atoms with Gasteiger partial charge in [0.05, 0.1) is 7.11 Å². The normalized spacial score (nSPS) is 10.0. The minimum atomic E-state index is 0.545. The van der Waals surface area contributed by atoms with Gasteiger partial charge in [-0.1, -0.05) is 13.5 Å². The number of hydrogen-bond donors (Lipinski definition) is 1. The van der Waals surface area contributed by atoms with Gasteiger partial charge >= 0.3 is 0 Å². The molecule has 3 nitrogen and oxygen atoms in total. The van der Waals surface area contributed by atoms with Crippen molar-refractivity contribution in [2.75, 3.05) is 26.8 Å². The van der Waals surface area contributed by atoms with Crippen LogP contribution in [0.3, 0.4) is 0 Å². The van der Waals surface area contributed by atoms with Gasteiger partial charge in [-0.05, 0) is 42.8 Å². The predicted octanol–water partition coefficient (Wildman–Crippen LogP) is 2.63. The van der Waals surface area contributed by atoms with Crippen LogP contribution in [0.25, 0.3) is 0 Å². The fourth-order valence-electron chi connectivity index (χ4n) is 1.35. The number of hydrogen-bond acceptors (Lipinski definition) is 3. The molecule has 0 aromatic heterocycles. The van der Waals surface area contributed by atoms with E-state index in [0.29, 0.717) is 6.61 Å². The number of rotatable bonds is 8. The molecular formula is C14H21NO2. The van der Waals surface area contributed by atoms with Crippen molar-refractivity contribution < 1.29 is 9.47 Å². The zero-order valence-electron chi connectivity index (χ0n) is 10.7. The molecule has 0 saturated carbocycles. The van der Waals surface area contributed by atoms with E-state index in [1.165, 1.54) is 0 Å². The fraction of sp³-hybridized carbons (Fsp3) is 0.429. The van der Waals surface area contributed by atoms with E-state index >= 15 is 0 Å². The van der Waals surface area contributed by atoms with Crippen molar-refractivity contribution in [3.8, 4) is 11.5 Å². The summed E-state index contributed by atoms with van der Waals surface area (Å²) < 4.78 is 10.7. The van der Waals surface area contributed by atoms with Crippen molar-refractivity contribution in [1.82, 2.24) is 5.32 Å². The molecule has 0 radical (unpaired) electrons. The van der Waals surface area contributed by atoms with Gasteiger partial charge in [0.1, 0.15) is 18.1 Å². The fourth-order valence-corrected chi connectivity index (χ4v) is 1.35. The largest absolute Gasteiger partial charge is 0.497 e. The first-order valence-corrected chi connectivity index (χ1v) is 5.90. The molecule has 94 valence electrons. The molecule has 17 heavy (non-hydrogen) atoms. The molecule has 0 aliphatic carbocycles. The van der Waals surface area contributed by atoms with Crippen LogP contribution in [0.5, 0.6) is 11.5 Å². The standard InChI is InChI=1S/C14H21NO2/c1-4-9-15-10-12(2)11-17-14-7-5-13(16-3)6-8-14/h5-8,15H,2,4,9-11H2,1,3H3. The average Bonchev–Trinajstić information content (AvgIpc) is 2.37. The minimum Gasteiger partial charge on any atom is -0.497 e. The van der Waals surface area contributed by atoms with Crippen LogP contribution in [-0.4, -0.2) is 26.8 Å². The third-order valence-corrected chi connectivity index (χ3v) is 2.30. The molecule has 1 aromatic carbocycles. The maximum Gasteiger partial charge on any atom is 0.120 e. The summed E-state index contributed by atoms with van der Waals surface area (Å²) in [6.45, 7) is 8.48. The lowest BCUT2D eigenvalue weighted by Crippen LogP contribution is -2.20. The molecule has 0 bridgehead atoms. The van der Waals surface area contributed by atoms with E-state index in [1.807, 2.05) is 24.3 Å². The molecule has 0 spiro atoms. The highest BCUT2D eigenvalue weighted by molar-refractivity contribution is 5.31.